The summed E-state index contributed by atoms with van der Waals surface area (Å²) in [5.74, 6) is -0.252. The van der Waals surface area contributed by atoms with Crippen LogP contribution < -0.4 is 5.56 Å². The van der Waals surface area contributed by atoms with Gasteiger partial charge in [-0.3, -0.25) is 19.7 Å². The molecule has 1 fully saturated rings. The highest BCUT2D eigenvalue weighted by atomic mass is 35.5. The van der Waals surface area contributed by atoms with Gasteiger partial charge in [-0.15, -0.1) is 5.10 Å². The smallest absolute Gasteiger partial charge is 0.282 e. The third-order valence-electron chi connectivity index (χ3n) is 6.10. The fourth-order valence-electron chi connectivity index (χ4n) is 4.34. The van der Waals surface area contributed by atoms with Gasteiger partial charge in [-0.1, -0.05) is 47.1 Å². The van der Waals surface area contributed by atoms with Crippen LogP contribution in [0.3, 0.4) is 0 Å². The zero-order valence-electron chi connectivity index (χ0n) is 18.4. The first-order valence-corrected chi connectivity index (χ1v) is 11.4. The quantitative estimate of drug-likeness (QED) is 0.332. The van der Waals surface area contributed by atoms with Crippen LogP contribution in [0.1, 0.15) is 40.5 Å². The number of aromatic nitrogens is 5. The van der Waals surface area contributed by atoms with Crippen molar-refractivity contribution in [1.29, 1.82) is 0 Å². The van der Waals surface area contributed by atoms with Crippen molar-refractivity contribution >= 4 is 34.4 Å². The van der Waals surface area contributed by atoms with Gasteiger partial charge >= 0.3 is 0 Å². The molecule has 1 aliphatic rings. The van der Waals surface area contributed by atoms with Crippen molar-refractivity contribution in [3.05, 3.63) is 91.0 Å². The predicted molar refractivity (Wildman–Crippen MR) is 127 cm³/mol. The molecule has 1 amide bonds. The molecule has 3 heterocycles. The lowest BCUT2D eigenvalue weighted by atomic mass is 9.96. The van der Waals surface area contributed by atoms with Crippen molar-refractivity contribution in [3.63, 3.8) is 0 Å². The summed E-state index contributed by atoms with van der Waals surface area (Å²) in [6.07, 6.45) is 1.36. The van der Waals surface area contributed by atoms with Crippen LogP contribution in [0.25, 0.3) is 11.2 Å². The maximum absolute atomic E-state index is 13.1. The molecule has 4 aromatic rings. The molecule has 2 aromatic heterocycles. The highest BCUT2D eigenvalue weighted by molar-refractivity contribution is 6.31. The number of carbonyl (C=O) groups is 1. The number of hydrogen-bond acceptors (Lipinski definition) is 7. The van der Waals surface area contributed by atoms with Gasteiger partial charge in [0.1, 0.15) is 11.4 Å². The number of carbonyl (C=O) groups excluding carboxylic acids is 1. The number of nitrogens with one attached hydrogen (secondary N) is 1. The molecular weight excluding hydrogens is 474 g/mol. The van der Waals surface area contributed by atoms with E-state index in [0.29, 0.717) is 42.4 Å². The molecule has 11 nitrogen and oxygen atoms in total. The Labute approximate surface area is 203 Å². The number of nitro groups is 1. The van der Waals surface area contributed by atoms with Crippen LogP contribution in [0.15, 0.2) is 53.3 Å². The van der Waals surface area contributed by atoms with E-state index >= 15 is 0 Å². The number of benzene rings is 2. The van der Waals surface area contributed by atoms with Crippen LogP contribution in [0.2, 0.25) is 5.02 Å². The monoisotopic (exact) mass is 493 g/mol. The van der Waals surface area contributed by atoms with Crippen LogP contribution in [0.5, 0.6) is 0 Å². The third kappa shape index (κ3) is 4.37. The van der Waals surface area contributed by atoms with Crippen molar-refractivity contribution in [2.24, 2.45) is 0 Å². The van der Waals surface area contributed by atoms with E-state index in [-0.39, 0.29) is 29.2 Å². The first kappa shape index (κ1) is 22.7. The van der Waals surface area contributed by atoms with Crippen molar-refractivity contribution in [1.82, 2.24) is 29.9 Å². The van der Waals surface area contributed by atoms with Gasteiger partial charge in [0.15, 0.2) is 11.2 Å². The summed E-state index contributed by atoms with van der Waals surface area (Å²) < 4.78 is 1.52. The summed E-state index contributed by atoms with van der Waals surface area (Å²) in [7, 11) is 0. The molecule has 1 saturated heterocycles. The number of likely N-dealkylation sites (tertiary alicyclic amines) is 1. The molecule has 0 saturated carbocycles. The van der Waals surface area contributed by atoms with E-state index in [4.69, 9.17) is 11.6 Å². The average molecular weight is 494 g/mol. The molecule has 1 unspecified atom stereocenters. The molecule has 2 aromatic carbocycles. The highest BCUT2D eigenvalue weighted by Crippen LogP contribution is 2.28. The minimum Gasteiger partial charge on any atom is -0.338 e. The number of nitro benzene ring substituents is 1. The van der Waals surface area contributed by atoms with Crippen LogP contribution >= 0.6 is 11.6 Å². The van der Waals surface area contributed by atoms with Gasteiger partial charge < -0.3 is 9.88 Å². The second-order valence-electron chi connectivity index (χ2n) is 8.33. The summed E-state index contributed by atoms with van der Waals surface area (Å²) in [5.41, 5.74) is 0.635. The fourth-order valence-corrected chi connectivity index (χ4v) is 4.54. The second kappa shape index (κ2) is 9.26. The maximum atomic E-state index is 13.1. The molecule has 1 N–H and O–H groups in total. The Kier molecular flexibility index (Phi) is 6.00. The number of hydrogen-bond donors (Lipinski definition) is 1. The Bertz CT molecular complexity index is 1500. The summed E-state index contributed by atoms with van der Waals surface area (Å²) in [6, 6.07) is 13.2. The van der Waals surface area contributed by atoms with Crippen LogP contribution in [-0.2, 0) is 6.54 Å². The van der Waals surface area contributed by atoms with Crippen molar-refractivity contribution in [3.8, 4) is 0 Å². The third-order valence-corrected chi connectivity index (χ3v) is 6.47. The number of halogens is 1. The van der Waals surface area contributed by atoms with Gasteiger partial charge in [0.2, 0.25) is 0 Å². The molecule has 5 rings (SSSR count). The second-order valence-corrected chi connectivity index (χ2v) is 8.73. The predicted octanol–water partition coefficient (Wildman–Crippen LogP) is 3.14. The minimum absolute atomic E-state index is 0.0390. The molecular formula is C23H20ClN7O4. The van der Waals surface area contributed by atoms with Gasteiger partial charge in [-0.2, -0.15) is 0 Å². The summed E-state index contributed by atoms with van der Waals surface area (Å²) >= 11 is 6.27. The van der Waals surface area contributed by atoms with E-state index in [0.717, 1.165) is 5.56 Å². The molecule has 0 spiro atoms. The first-order chi connectivity index (χ1) is 16.9. The molecule has 0 radical (unpaired) electrons. The maximum Gasteiger partial charge on any atom is 0.282 e. The zero-order chi connectivity index (χ0) is 24.5. The van der Waals surface area contributed by atoms with E-state index in [9.17, 15) is 19.7 Å². The first-order valence-electron chi connectivity index (χ1n) is 11.0. The topological polar surface area (TPSA) is 140 Å². The van der Waals surface area contributed by atoms with Crippen molar-refractivity contribution in [2.45, 2.75) is 25.3 Å². The Morgan fingerprint density at radius 3 is 2.77 bits per heavy atom. The normalized spacial score (nSPS) is 15.9. The van der Waals surface area contributed by atoms with E-state index in [1.807, 2.05) is 18.2 Å². The number of amides is 1. The molecule has 12 heteroatoms. The average Bonchev–Trinajstić information content (AvgIpc) is 3.28. The van der Waals surface area contributed by atoms with E-state index in [2.05, 4.69) is 20.3 Å². The number of para-hydroxylation sites is 1. The number of nitrogens with zero attached hydrogens (tertiary/aromatic N) is 6. The Balaban J connectivity index is 1.44. The lowest BCUT2D eigenvalue weighted by Gasteiger charge is -2.32. The van der Waals surface area contributed by atoms with Gasteiger partial charge in [0, 0.05) is 30.1 Å². The largest absolute Gasteiger partial charge is 0.338 e. The summed E-state index contributed by atoms with van der Waals surface area (Å²) in [5, 5.41) is 20.0. The van der Waals surface area contributed by atoms with Crippen molar-refractivity contribution < 1.29 is 9.72 Å². The molecule has 1 aliphatic heterocycles. The SMILES string of the molecule is O=C(c1ccccc1[N+](=O)[O-])N1CCCC(c2nc3c(nnn3Cc3ccccc3Cl)c(=O)[nH]2)C1. The minimum atomic E-state index is -0.561. The lowest BCUT2D eigenvalue weighted by molar-refractivity contribution is -0.385. The fraction of sp³-hybridized carbons (Fsp3) is 0.261. The number of H-pyrrole nitrogens is 1. The number of fused-ring (bicyclic) bond motifs is 1. The summed E-state index contributed by atoms with van der Waals surface area (Å²) in [4.78, 5) is 45.7. The Morgan fingerprint density at radius 1 is 1.20 bits per heavy atom. The van der Waals surface area contributed by atoms with Crippen LogP contribution in [0.4, 0.5) is 5.69 Å². The number of aromatic amines is 1. The standard InChI is InChI=1S/C23H20ClN7O4/c24-17-9-3-1-6-14(17)13-30-21-19(27-28-30)22(32)26-20(25-21)15-7-5-11-29(12-15)23(33)16-8-2-4-10-18(16)31(34)35/h1-4,6,8-10,15H,5,7,11-13H2,(H,25,26,32). The highest BCUT2D eigenvalue weighted by Gasteiger charge is 2.30. The van der Waals surface area contributed by atoms with Crippen LogP contribution in [-0.4, -0.2) is 53.8 Å². The van der Waals surface area contributed by atoms with Gasteiger partial charge in [0.25, 0.3) is 17.2 Å². The molecule has 178 valence electrons. The van der Waals surface area contributed by atoms with Gasteiger partial charge in [-0.05, 0) is 30.5 Å². The van der Waals surface area contributed by atoms with E-state index in [1.54, 1.807) is 17.0 Å². The molecule has 0 aliphatic carbocycles. The van der Waals surface area contributed by atoms with E-state index < -0.39 is 16.4 Å². The Hall–Kier alpha value is -4.12. The zero-order valence-corrected chi connectivity index (χ0v) is 19.2. The summed E-state index contributed by atoms with van der Waals surface area (Å²) in [6.45, 7) is 1.02. The lowest BCUT2D eigenvalue weighted by Crippen LogP contribution is -2.40. The van der Waals surface area contributed by atoms with E-state index in [1.165, 1.54) is 22.9 Å². The number of piperidine rings is 1. The van der Waals surface area contributed by atoms with Gasteiger partial charge in [0.05, 0.1) is 11.5 Å². The molecule has 1 atom stereocenters. The molecule has 35 heavy (non-hydrogen) atoms. The molecule has 0 bridgehead atoms. The van der Waals surface area contributed by atoms with Crippen molar-refractivity contribution in [2.75, 3.05) is 13.1 Å². The van der Waals surface area contributed by atoms with Crippen LogP contribution in [0, 0.1) is 10.1 Å². The number of rotatable bonds is 5. The van der Waals surface area contributed by atoms with Gasteiger partial charge in [-0.25, -0.2) is 9.67 Å². The Morgan fingerprint density at radius 2 is 1.97 bits per heavy atom.